The first-order valence-corrected chi connectivity index (χ1v) is 6.75. The number of benzene rings is 2. The molecule has 0 fully saturated rings. The van der Waals surface area contributed by atoms with E-state index in [-0.39, 0.29) is 6.61 Å². The predicted molar refractivity (Wildman–Crippen MR) is 80.7 cm³/mol. The number of halogens is 1. The minimum absolute atomic E-state index is 0.242. The standard InChI is InChI=1S/C15H14BrNO3/c1-19-15(18)14-10(4-2-7-13(14)17)9-20-12-6-3-5-11(16)8-12/h2-8H,9,17H2,1H3. The lowest BCUT2D eigenvalue weighted by Crippen LogP contribution is -2.11. The van der Waals surface area contributed by atoms with Crippen molar-refractivity contribution in [3.8, 4) is 5.75 Å². The van der Waals surface area contributed by atoms with E-state index in [0.717, 1.165) is 4.47 Å². The van der Waals surface area contributed by atoms with Gasteiger partial charge in [-0.2, -0.15) is 0 Å². The van der Waals surface area contributed by atoms with Crippen LogP contribution >= 0.6 is 15.9 Å². The molecule has 0 saturated heterocycles. The third kappa shape index (κ3) is 3.30. The summed E-state index contributed by atoms with van der Waals surface area (Å²) in [6, 6.07) is 12.7. The lowest BCUT2D eigenvalue weighted by atomic mass is 10.1. The van der Waals surface area contributed by atoms with Gasteiger partial charge in [-0.3, -0.25) is 0 Å². The molecule has 0 amide bonds. The maximum atomic E-state index is 11.8. The Labute approximate surface area is 125 Å². The van der Waals surface area contributed by atoms with Gasteiger partial charge in [0.25, 0.3) is 0 Å². The van der Waals surface area contributed by atoms with Gasteiger partial charge in [0.2, 0.25) is 0 Å². The Morgan fingerprint density at radius 2 is 2.00 bits per heavy atom. The molecular weight excluding hydrogens is 322 g/mol. The number of anilines is 1. The number of nitrogen functional groups attached to an aromatic ring is 1. The van der Waals surface area contributed by atoms with Gasteiger partial charge in [0.1, 0.15) is 12.4 Å². The highest BCUT2D eigenvalue weighted by Gasteiger charge is 2.15. The average molecular weight is 336 g/mol. The minimum atomic E-state index is -0.462. The molecule has 0 aromatic heterocycles. The van der Waals surface area contributed by atoms with Crippen molar-refractivity contribution in [1.82, 2.24) is 0 Å². The van der Waals surface area contributed by atoms with Crippen LogP contribution < -0.4 is 10.5 Å². The van der Waals surface area contributed by atoms with Crippen LogP contribution in [0.15, 0.2) is 46.9 Å². The lowest BCUT2D eigenvalue weighted by Gasteiger charge is -2.12. The highest BCUT2D eigenvalue weighted by molar-refractivity contribution is 9.10. The van der Waals surface area contributed by atoms with Gasteiger partial charge in [0.05, 0.1) is 12.7 Å². The first-order valence-electron chi connectivity index (χ1n) is 5.96. The number of ether oxygens (including phenoxy) is 2. The summed E-state index contributed by atoms with van der Waals surface area (Å²) in [4.78, 5) is 11.8. The molecule has 0 aliphatic heterocycles. The maximum absolute atomic E-state index is 11.8. The van der Waals surface area contributed by atoms with Crippen LogP contribution in [-0.4, -0.2) is 13.1 Å². The highest BCUT2D eigenvalue weighted by Crippen LogP contribution is 2.22. The summed E-state index contributed by atoms with van der Waals surface area (Å²) < 4.78 is 11.3. The van der Waals surface area contributed by atoms with Crippen LogP contribution in [-0.2, 0) is 11.3 Å². The fourth-order valence-corrected chi connectivity index (χ4v) is 2.19. The molecule has 2 aromatic carbocycles. The highest BCUT2D eigenvalue weighted by atomic mass is 79.9. The van der Waals surface area contributed by atoms with Crippen molar-refractivity contribution >= 4 is 27.6 Å². The minimum Gasteiger partial charge on any atom is -0.489 e. The first kappa shape index (κ1) is 14.4. The summed E-state index contributed by atoms with van der Waals surface area (Å²) in [5.41, 5.74) is 7.25. The second-order valence-electron chi connectivity index (χ2n) is 4.12. The number of methoxy groups -OCH3 is 1. The summed E-state index contributed by atoms with van der Waals surface area (Å²) in [5.74, 6) is 0.244. The Hall–Kier alpha value is -2.01. The molecule has 0 heterocycles. The van der Waals surface area contributed by atoms with E-state index in [1.54, 1.807) is 18.2 Å². The Balaban J connectivity index is 2.21. The molecule has 4 nitrogen and oxygen atoms in total. The predicted octanol–water partition coefficient (Wildman–Crippen LogP) is 3.40. The van der Waals surface area contributed by atoms with Crippen LogP contribution in [0.25, 0.3) is 0 Å². The van der Waals surface area contributed by atoms with Crippen molar-refractivity contribution in [2.45, 2.75) is 6.61 Å². The van der Waals surface area contributed by atoms with E-state index >= 15 is 0 Å². The Morgan fingerprint density at radius 3 is 2.70 bits per heavy atom. The third-order valence-corrected chi connectivity index (χ3v) is 3.26. The van der Waals surface area contributed by atoms with Crippen LogP contribution in [0.3, 0.4) is 0 Å². The van der Waals surface area contributed by atoms with Gasteiger partial charge in [-0.05, 0) is 24.3 Å². The molecule has 0 unspecified atom stereocenters. The Kier molecular flexibility index (Phi) is 4.63. The number of esters is 1. The zero-order valence-electron chi connectivity index (χ0n) is 10.9. The van der Waals surface area contributed by atoms with E-state index in [9.17, 15) is 4.79 Å². The van der Waals surface area contributed by atoms with Crippen molar-refractivity contribution in [3.05, 3.63) is 58.1 Å². The molecule has 0 bridgehead atoms. The molecule has 0 aliphatic rings. The van der Waals surface area contributed by atoms with Gasteiger partial charge in [0.15, 0.2) is 0 Å². The van der Waals surface area contributed by atoms with Crippen molar-refractivity contribution in [3.63, 3.8) is 0 Å². The van der Waals surface area contributed by atoms with Crippen LogP contribution in [0, 0.1) is 0 Å². The second-order valence-corrected chi connectivity index (χ2v) is 5.03. The molecule has 0 spiro atoms. The van der Waals surface area contributed by atoms with Crippen molar-refractivity contribution in [1.29, 1.82) is 0 Å². The van der Waals surface area contributed by atoms with Gasteiger partial charge in [-0.25, -0.2) is 4.79 Å². The maximum Gasteiger partial charge on any atom is 0.340 e. The van der Waals surface area contributed by atoms with Crippen LogP contribution in [0.5, 0.6) is 5.75 Å². The van der Waals surface area contributed by atoms with Crippen molar-refractivity contribution in [2.24, 2.45) is 0 Å². The van der Waals surface area contributed by atoms with Gasteiger partial charge < -0.3 is 15.2 Å². The number of hydrogen-bond donors (Lipinski definition) is 1. The van der Waals surface area contributed by atoms with Crippen molar-refractivity contribution in [2.75, 3.05) is 12.8 Å². The number of hydrogen-bond acceptors (Lipinski definition) is 4. The Morgan fingerprint density at radius 1 is 1.25 bits per heavy atom. The van der Waals surface area contributed by atoms with E-state index in [1.807, 2.05) is 24.3 Å². The number of carbonyl (C=O) groups excluding carboxylic acids is 1. The van der Waals surface area contributed by atoms with E-state index in [2.05, 4.69) is 15.9 Å². The van der Waals surface area contributed by atoms with Gasteiger partial charge >= 0.3 is 5.97 Å². The summed E-state index contributed by atoms with van der Waals surface area (Å²) in [6.07, 6.45) is 0. The summed E-state index contributed by atoms with van der Waals surface area (Å²) in [5, 5.41) is 0. The molecular formula is C15H14BrNO3. The van der Waals surface area contributed by atoms with Crippen LogP contribution in [0.1, 0.15) is 15.9 Å². The number of rotatable bonds is 4. The lowest BCUT2D eigenvalue weighted by molar-refractivity contribution is 0.0599. The van der Waals surface area contributed by atoms with E-state index in [1.165, 1.54) is 7.11 Å². The molecule has 0 atom stereocenters. The Bertz CT molecular complexity index is 628. The molecule has 20 heavy (non-hydrogen) atoms. The van der Waals surface area contributed by atoms with Gasteiger partial charge in [0, 0.05) is 15.7 Å². The summed E-state index contributed by atoms with van der Waals surface area (Å²) in [6.45, 7) is 0.242. The van der Waals surface area contributed by atoms with Crippen LogP contribution in [0.4, 0.5) is 5.69 Å². The van der Waals surface area contributed by atoms with E-state index in [0.29, 0.717) is 22.6 Å². The zero-order valence-corrected chi connectivity index (χ0v) is 12.5. The van der Waals surface area contributed by atoms with E-state index < -0.39 is 5.97 Å². The SMILES string of the molecule is COC(=O)c1c(N)cccc1COc1cccc(Br)c1. The number of carbonyl (C=O) groups is 1. The summed E-state index contributed by atoms with van der Waals surface area (Å²) >= 11 is 3.37. The molecule has 0 saturated carbocycles. The molecule has 2 aromatic rings. The fraction of sp³-hybridized carbons (Fsp3) is 0.133. The normalized spacial score (nSPS) is 10.1. The fourth-order valence-electron chi connectivity index (χ4n) is 1.81. The third-order valence-electron chi connectivity index (χ3n) is 2.76. The van der Waals surface area contributed by atoms with Gasteiger partial charge in [-0.15, -0.1) is 0 Å². The molecule has 0 radical (unpaired) electrons. The number of nitrogens with two attached hydrogens (primary N) is 1. The smallest absolute Gasteiger partial charge is 0.340 e. The molecule has 2 rings (SSSR count). The van der Waals surface area contributed by atoms with Gasteiger partial charge in [-0.1, -0.05) is 34.1 Å². The van der Waals surface area contributed by atoms with Crippen molar-refractivity contribution < 1.29 is 14.3 Å². The summed E-state index contributed by atoms with van der Waals surface area (Å²) in [7, 11) is 1.33. The molecule has 2 N–H and O–H groups in total. The first-order chi connectivity index (χ1) is 9.61. The van der Waals surface area contributed by atoms with E-state index in [4.69, 9.17) is 15.2 Å². The zero-order chi connectivity index (χ0) is 14.5. The molecule has 0 aliphatic carbocycles. The average Bonchev–Trinajstić information content (AvgIpc) is 2.44. The quantitative estimate of drug-likeness (QED) is 0.687. The topological polar surface area (TPSA) is 61.5 Å². The largest absolute Gasteiger partial charge is 0.489 e. The second kappa shape index (κ2) is 6.43. The van der Waals surface area contributed by atoms with Crippen LogP contribution in [0.2, 0.25) is 0 Å². The molecule has 104 valence electrons. The monoisotopic (exact) mass is 335 g/mol. The molecule has 5 heteroatoms.